The van der Waals surface area contributed by atoms with Gasteiger partial charge in [0.1, 0.15) is 0 Å². The van der Waals surface area contributed by atoms with E-state index in [1.807, 2.05) is 24.3 Å². The summed E-state index contributed by atoms with van der Waals surface area (Å²) in [6.07, 6.45) is 0. The number of halogens is 1. The standard InChI is InChI=1S/C15H13ClN2S/c1-10-2-5-13(18)7-15(10)19-9-12-4-3-11(8-17)6-14(12)16/h2-7H,9,18H2,1H3. The zero-order valence-electron chi connectivity index (χ0n) is 10.5. The number of hydrogen-bond acceptors (Lipinski definition) is 3. The number of nitrogens with two attached hydrogens (primary N) is 1. The van der Waals surface area contributed by atoms with Crippen molar-refractivity contribution in [3.05, 3.63) is 58.1 Å². The maximum absolute atomic E-state index is 8.80. The first-order valence-electron chi connectivity index (χ1n) is 5.77. The largest absolute Gasteiger partial charge is 0.399 e. The molecule has 2 N–H and O–H groups in total. The van der Waals surface area contributed by atoms with Gasteiger partial charge in [0.2, 0.25) is 0 Å². The van der Waals surface area contributed by atoms with Crippen LogP contribution in [0.25, 0.3) is 0 Å². The average Bonchev–Trinajstić information content (AvgIpc) is 2.40. The van der Waals surface area contributed by atoms with Gasteiger partial charge in [0.15, 0.2) is 0 Å². The van der Waals surface area contributed by atoms with Crippen molar-refractivity contribution in [2.45, 2.75) is 17.6 Å². The SMILES string of the molecule is Cc1ccc(N)cc1SCc1ccc(C#N)cc1Cl. The van der Waals surface area contributed by atoms with Crippen LogP contribution in [0.2, 0.25) is 5.02 Å². The van der Waals surface area contributed by atoms with Gasteiger partial charge in [0, 0.05) is 21.4 Å². The molecule has 19 heavy (non-hydrogen) atoms. The molecule has 0 aliphatic heterocycles. The molecular formula is C15H13ClN2S. The highest BCUT2D eigenvalue weighted by molar-refractivity contribution is 7.98. The quantitative estimate of drug-likeness (QED) is 0.673. The molecule has 0 aromatic heterocycles. The van der Waals surface area contributed by atoms with Crippen LogP contribution in [0.15, 0.2) is 41.3 Å². The summed E-state index contributed by atoms with van der Waals surface area (Å²) in [5.74, 6) is 0.759. The summed E-state index contributed by atoms with van der Waals surface area (Å²) in [5, 5.41) is 9.43. The first kappa shape index (κ1) is 13.8. The van der Waals surface area contributed by atoms with Crippen molar-refractivity contribution in [3.63, 3.8) is 0 Å². The monoisotopic (exact) mass is 288 g/mol. The molecule has 0 amide bonds. The molecule has 0 heterocycles. The zero-order chi connectivity index (χ0) is 13.8. The Balaban J connectivity index is 2.15. The Morgan fingerprint density at radius 3 is 2.74 bits per heavy atom. The van der Waals surface area contributed by atoms with Gasteiger partial charge in [-0.15, -0.1) is 11.8 Å². The van der Waals surface area contributed by atoms with Gasteiger partial charge in [-0.1, -0.05) is 23.7 Å². The molecule has 4 heteroatoms. The Kier molecular flexibility index (Phi) is 4.36. The van der Waals surface area contributed by atoms with Crippen molar-refractivity contribution in [1.29, 1.82) is 5.26 Å². The average molecular weight is 289 g/mol. The topological polar surface area (TPSA) is 49.8 Å². The van der Waals surface area contributed by atoms with E-state index in [0.717, 1.165) is 21.9 Å². The molecule has 0 fully saturated rings. The number of anilines is 1. The van der Waals surface area contributed by atoms with Crippen LogP contribution in [0, 0.1) is 18.3 Å². The fourth-order valence-electron chi connectivity index (χ4n) is 1.66. The summed E-state index contributed by atoms with van der Waals surface area (Å²) in [6.45, 7) is 2.06. The van der Waals surface area contributed by atoms with Crippen LogP contribution in [0.1, 0.15) is 16.7 Å². The van der Waals surface area contributed by atoms with Gasteiger partial charge in [0.05, 0.1) is 11.6 Å². The number of nitrogen functional groups attached to an aromatic ring is 1. The second kappa shape index (κ2) is 6.01. The third kappa shape index (κ3) is 3.44. The minimum absolute atomic E-state index is 0.582. The fraction of sp³-hybridized carbons (Fsp3) is 0.133. The molecule has 0 bridgehead atoms. The first-order chi connectivity index (χ1) is 9.10. The van der Waals surface area contributed by atoms with Crippen molar-refractivity contribution in [2.75, 3.05) is 5.73 Å². The predicted molar refractivity (Wildman–Crippen MR) is 81.3 cm³/mol. The summed E-state index contributed by atoms with van der Waals surface area (Å²) in [7, 11) is 0. The minimum Gasteiger partial charge on any atom is -0.399 e. The third-order valence-corrected chi connectivity index (χ3v) is 4.34. The molecule has 0 aliphatic carbocycles. The molecule has 0 unspecified atom stereocenters. The third-order valence-electron chi connectivity index (χ3n) is 2.78. The Hall–Kier alpha value is -1.63. The smallest absolute Gasteiger partial charge is 0.0992 e. The van der Waals surface area contributed by atoms with E-state index in [2.05, 4.69) is 13.0 Å². The summed E-state index contributed by atoms with van der Waals surface area (Å²) < 4.78 is 0. The van der Waals surface area contributed by atoms with E-state index in [-0.39, 0.29) is 0 Å². The highest BCUT2D eigenvalue weighted by Gasteiger charge is 2.05. The second-order valence-corrected chi connectivity index (χ2v) is 5.66. The van der Waals surface area contributed by atoms with Gasteiger partial charge in [-0.3, -0.25) is 0 Å². The lowest BCUT2D eigenvalue weighted by Gasteiger charge is -2.08. The van der Waals surface area contributed by atoms with E-state index < -0.39 is 0 Å². The molecule has 0 saturated heterocycles. The molecule has 0 aliphatic rings. The molecule has 0 atom stereocenters. The lowest BCUT2D eigenvalue weighted by Crippen LogP contribution is -1.89. The highest BCUT2D eigenvalue weighted by atomic mass is 35.5. The molecule has 0 saturated carbocycles. The van der Waals surface area contributed by atoms with Gasteiger partial charge < -0.3 is 5.73 Å². The van der Waals surface area contributed by atoms with Crippen molar-refractivity contribution in [2.24, 2.45) is 0 Å². The van der Waals surface area contributed by atoms with E-state index in [1.165, 1.54) is 5.56 Å². The molecule has 0 spiro atoms. The van der Waals surface area contributed by atoms with Gasteiger partial charge >= 0.3 is 0 Å². The van der Waals surface area contributed by atoms with E-state index in [0.29, 0.717) is 10.6 Å². The minimum atomic E-state index is 0.582. The normalized spacial score (nSPS) is 10.2. The Labute approximate surface area is 122 Å². The highest BCUT2D eigenvalue weighted by Crippen LogP contribution is 2.30. The lowest BCUT2D eigenvalue weighted by atomic mass is 10.2. The van der Waals surface area contributed by atoms with Crippen LogP contribution in [0.3, 0.4) is 0 Å². The van der Waals surface area contributed by atoms with E-state index in [9.17, 15) is 0 Å². The van der Waals surface area contributed by atoms with E-state index in [1.54, 1.807) is 23.9 Å². The number of rotatable bonds is 3. The van der Waals surface area contributed by atoms with Crippen molar-refractivity contribution in [3.8, 4) is 6.07 Å². The molecular weight excluding hydrogens is 276 g/mol. The van der Waals surface area contributed by atoms with Gasteiger partial charge in [-0.2, -0.15) is 5.26 Å². The van der Waals surface area contributed by atoms with E-state index >= 15 is 0 Å². The van der Waals surface area contributed by atoms with Crippen LogP contribution in [-0.2, 0) is 5.75 Å². The van der Waals surface area contributed by atoms with Crippen LogP contribution >= 0.6 is 23.4 Å². The van der Waals surface area contributed by atoms with Gasteiger partial charge in [0.25, 0.3) is 0 Å². The fourth-order valence-corrected chi connectivity index (χ4v) is 3.07. The maximum Gasteiger partial charge on any atom is 0.0992 e. The number of aryl methyl sites for hydroxylation is 1. The number of hydrogen-bond donors (Lipinski definition) is 1. The molecule has 2 aromatic rings. The summed E-state index contributed by atoms with van der Waals surface area (Å²) in [5.41, 5.74) is 9.35. The number of benzene rings is 2. The molecule has 96 valence electrons. The lowest BCUT2D eigenvalue weighted by molar-refractivity contribution is 1.29. The van der Waals surface area contributed by atoms with Crippen molar-refractivity contribution in [1.82, 2.24) is 0 Å². The Morgan fingerprint density at radius 2 is 2.05 bits per heavy atom. The summed E-state index contributed by atoms with van der Waals surface area (Å²) in [4.78, 5) is 1.15. The molecule has 2 rings (SSSR count). The number of thioether (sulfide) groups is 1. The molecule has 2 nitrogen and oxygen atoms in total. The summed E-state index contributed by atoms with van der Waals surface area (Å²) >= 11 is 7.85. The zero-order valence-corrected chi connectivity index (χ0v) is 12.1. The Bertz CT molecular complexity index is 647. The number of nitrogens with zero attached hydrogens (tertiary/aromatic N) is 1. The van der Waals surface area contributed by atoms with Crippen molar-refractivity contribution >= 4 is 29.1 Å². The van der Waals surface area contributed by atoms with Crippen LogP contribution in [0.4, 0.5) is 5.69 Å². The maximum atomic E-state index is 8.80. The van der Waals surface area contributed by atoms with Crippen LogP contribution < -0.4 is 5.73 Å². The van der Waals surface area contributed by atoms with E-state index in [4.69, 9.17) is 22.6 Å². The Morgan fingerprint density at radius 1 is 1.26 bits per heavy atom. The van der Waals surface area contributed by atoms with Gasteiger partial charge in [-0.25, -0.2) is 0 Å². The van der Waals surface area contributed by atoms with Crippen LogP contribution in [0.5, 0.6) is 0 Å². The van der Waals surface area contributed by atoms with Crippen molar-refractivity contribution < 1.29 is 0 Å². The molecule has 2 aromatic carbocycles. The van der Waals surface area contributed by atoms with Gasteiger partial charge in [-0.05, 0) is 42.3 Å². The number of nitriles is 1. The second-order valence-electron chi connectivity index (χ2n) is 4.23. The first-order valence-corrected chi connectivity index (χ1v) is 7.14. The predicted octanol–water partition coefficient (Wildman–Crippen LogP) is 4.39. The summed E-state index contributed by atoms with van der Waals surface area (Å²) in [6, 6.07) is 13.3. The van der Waals surface area contributed by atoms with Crippen LogP contribution in [-0.4, -0.2) is 0 Å². The molecule has 0 radical (unpaired) electrons.